The van der Waals surface area contributed by atoms with E-state index in [1.54, 1.807) is 6.07 Å². The number of hydrogen-bond donors (Lipinski definition) is 1. The molecule has 0 spiro atoms. The molecular formula is C9H10FNO2. The number of esters is 1. The molecule has 0 saturated heterocycles. The predicted octanol–water partition coefficient (Wildman–Crippen LogP) is 1.40. The molecule has 0 fully saturated rings. The average molecular weight is 183 g/mol. The smallest absolute Gasteiger partial charge is 0.337 e. The number of ether oxygens (including phenoxy) is 1. The summed E-state index contributed by atoms with van der Waals surface area (Å²) in [5.74, 6) is -0.498. The Morgan fingerprint density at radius 2 is 2.31 bits per heavy atom. The summed E-state index contributed by atoms with van der Waals surface area (Å²) in [6.45, 7) is 0. The summed E-state index contributed by atoms with van der Waals surface area (Å²) < 4.78 is 17.1. The molecule has 13 heavy (non-hydrogen) atoms. The predicted molar refractivity (Wildman–Crippen MR) is 45.8 cm³/mol. The van der Waals surface area contributed by atoms with E-state index in [1.807, 2.05) is 0 Å². The second-order valence-electron chi connectivity index (χ2n) is 2.52. The molecule has 0 aromatic heterocycles. The van der Waals surface area contributed by atoms with Crippen molar-refractivity contribution in [1.82, 2.24) is 0 Å². The maximum absolute atomic E-state index is 12.6. The molecule has 0 bridgehead atoms. The van der Waals surface area contributed by atoms with E-state index in [-0.39, 0.29) is 5.56 Å². The number of alkyl halides is 1. The van der Waals surface area contributed by atoms with Gasteiger partial charge in [0.05, 0.1) is 12.7 Å². The molecule has 0 aliphatic rings. The summed E-state index contributed by atoms with van der Waals surface area (Å²) in [5.41, 5.74) is 5.57. The van der Waals surface area contributed by atoms with Crippen LogP contribution in [-0.4, -0.2) is 13.1 Å². The SMILES string of the molecule is COC(=O)c1cccc(C(N)F)c1. The van der Waals surface area contributed by atoms with Gasteiger partial charge in [-0.05, 0) is 12.1 Å². The molecule has 1 aromatic carbocycles. The van der Waals surface area contributed by atoms with Crippen molar-refractivity contribution in [1.29, 1.82) is 0 Å². The number of rotatable bonds is 2. The molecule has 0 heterocycles. The van der Waals surface area contributed by atoms with E-state index in [4.69, 9.17) is 5.73 Å². The molecular weight excluding hydrogens is 173 g/mol. The Bertz CT molecular complexity index is 312. The summed E-state index contributed by atoms with van der Waals surface area (Å²) >= 11 is 0. The Kier molecular flexibility index (Phi) is 2.97. The summed E-state index contributed by atoms with van der Waals surface area (Å²) in [7, 11) is 1.27. The minimum Gasteiger partial charge on any atom is -0.465 e. The highest BCUT2D eigenvalue weighted by atomic mass is 19.1. The first kappa shape index (κ1) is 9.67. The first-order chi connectivity index (χ1) is 6.15. The number of carbonyl (C=O) groups is 1. The zero-order valence-electron chi connectivity index (χ0n) is 7.16. The van der Waals surface area contributed by atoms with Gasteiger partial charge in [0, 0.05) is 5.56 Å². The van der Waals surface area contributed by atoms with Crippen molar-refractivity contribution >= 4 is 5.97 Å². The topological polar surface area (TPSA) is 52.3 Å². The summed E-state index contributed by atoms with van der Waals surface area (Å²) in [4.78, 5) is 11.0. The summed E-state index contributed by atoms with van der Waals surface area (Å²) in [5, 5.41) is 0. The maximum Gasteiger partial charge on any atom is 0.337 e. The van der Waals surface area contributed by atoms with Crippen LogP contribution < -0.4 is 5.73 Å². The van der Waals surface area contributed by atoms with Crippen LogP contribution in [0, 0.1) is 0 Å². The maximum atomic E-state index is 12.6. The minimum absolute atomic E-state index is 0.267. The van der Waals surface area contributed by atoms with E-state index in [9.17, 15) is 9.18 Å². The molecule has 0 amide bonds. The zero-order chi connectivity index (χ0) is 9.84. The Morgan fingerprint density at radius 1 is 1.62 bits per heavy atom. The minimum atomic E-state index is -1.57. The van der Waals surface area contributed by atoms with E-state index in [1.165, 1.54) is 25.3 Å². The lowest BCUT2D eigenvalue weighted by Gasteiger charge is -2.03. The second kappa shape index (κ2) is 4.00. The number of nitrogens with two attached hydrogens (primary N) is 1. The van der Waals surface area contributed by atoms with Crippen LogP contribution in [0.5, 0.6) is 0 Å². The molecule has 0 saturated carbocycles. The monoisotopic (exact) mass is 183 g/mol. The molecule has 0 radical (unpaired) electrons. The van der Waals surface area contributed by atoms with Crippen molar-refractivity contribution in [3.8, 4) is 0 Å². The highest BCUT2D eigenvalue weighted by Gasteiger charge is 2.08. The Morgan fingerprint density at radius 3 is 2.85 bits per heavy atom. The van der Waals surface area contributed by atoms with Crippen LogP contribution in [0.3, 0.4) is 0 Å². The van der Waals surface area contributed by atoms with Crippen LogP contribution in [0.4, 0.5) is 4.39 Å². The molecule has 1 unspecified atom stereocenters. The fraction of sp³-hybridized carbons (Fsp3) is 0.222. The average Bonchev–Trinajstić information content (AvgIpc) is 2.17. The van der Waals surface area contributed by atoms with Gasteiger partial charge in [0.25, 0.3) is 0 Å². The largest absolute Gasteiger partial charge is 0.465 e. The molecule has 2 N–H and O–H groups in total. The van der Waals surface area contributed by atoms with Gasteiger partial charge in [-0.25, -0.2) is 9.18 Å². The van der Waals surface area contributed by atoms with Crippen LogP contribution in [0.1, 0.15) is 22.2 Å². The zero-order valence-corrected chi connectivity index (χ0v) is 7.16. The quantitative estimate of drug-likeness (QED) is 0.557. The summed E-state index contributed by atoms with van der Waals surface area (Å²) in [6.07, 6.45) is -1.57. The van der Waals surface area contributed by atoms with E-state index >= 15 is 0 Å². The lowest BCUT2D eigenvalue weighted by Crippen LogP contribution is -2.06. The first-order valence-electron chi connectivity index (χ1n) is 3.73. The standard InChI is InChI=1S/C9H10FNO2/c1-13-9(12)7-4-2-3-6(5-7)8(10)11/h2-5,8H,11H2,1H3. The molecule has 70 valence electrons. The number of hydrogen-bond acceptors (Lipinski definition) is 3. The number of carbonyl (C=O) groups excluding carboxylic acids is 1. The molecule has 3 nitrogen and oxygen atoms in total. The van der Waals surface area contributed by atoms with Gasteiger partial charge in [-0.3, -0.25) is 5.73 Å². The molecule has 4 heteroatoms. The van der Waals surface area contributed by atoms with Crippen molar-refractivity contribution in [3.63, 3.8) is 0 Å². The van der Waals surface area contributed by atoms with Gasteiger partial charge < -0.3 is 4.74 Å². The van der Waals surface area contributed by atoms with Gasteiger partial charge >= 0.3 is 5.97 Å². The molecule has 1 aromatic rings. The number of halogens is 1. The van der Waals surface area contributed by atoms with Gasteiger partial charge in [0.2, 0.25) is 0 Å². The molecule has 1 rings (SSSR count). The van der Waals surface area contributed by atoms with Gasteiger partial charge in [-0.15, -0.1) is 0 Å². The van der Waals surface area contributed by atoms with Crippen LogP contribution in [0.2, 0.25) is 0 Å². The lowest BCUT2D eigenvalue weighted by molar-refractivity contribution is 0.0600. The normalized spacial score (nSPS) is 12.2. The van der Waals surface area contributed by atoms with E-state index in [0.29, 0.717) is 5.56 Å². The Labute approximate surface area is 75.3 Å². The molecule has 1 atom stereocenters. The molecule has 0 aliphatic carbocycles. The molecule has 0 aliphatic heterocycles. The van der Waals surface area contributed by atoms with E-state index in [0.717, 1.165) is 0 Å². The van der Waals surface area contributed by atoms with Crippen LogP contribution in [0.25, 0.3) is 0 Å². The van der Waals surface area contributed by atoms with Crippen molar-refractivity contribution in [2.24, 2.45) is 5.73 Å². The highest BCUT2D eigenvalue weighted by molar-refractivity contribution is 5.89. The Hall–Kier alpha value is -1.42. The van der Waals surface area contributed by atoms with E-state index < -0.39 is 12.3 Å². The summed E-state index contributed by atoms with van der Waals surface area (Å²) in [6, 6.07) is 5.98. The second-order valence-corrected chi connectivity index (χ2v) is 2.52. The van der Waals surface area contributed by atoms with Crippen molar-refractivity contribution in [2.75, 3.05) is 7.11 Å². The van der Waals surface area contributed by atoms with Crippen molar-refractivity contribution in [3.05, 3.63) is 35.4 Å². The van der Waals surface area contributed by atoms with Crippen molar-refractivity contribution < 1.29 is 13.9 Å². The van der Waals surface area contributed by atoms with Crippen LogP contribution >= 0.6 is 0 Å². The first-order valence-corrected chi connectivity index (χ1v) is 3.73. The van der Waals surface area contributed by atoms with Gasteiger partial charge in [0.1, 0.15) is 0 Å². The van der Waals surface area contributed by atoms with Gasteiger partial charge in [-0.2, -0.15) is 0 Å². The van der Waals surface area contributed by atoms with Crippen molar-refractivity contribution in [2.45, 2.75) is 6.30 Å². The number of benzene rings is 1. The van der Waals surface area contributed by atoms with E-state index in [2.05, 4.69) is 4.74 Å². The van der Waals surface area contributed by atoms with Gasteiger partial charge in [-0.1, -0.05) is 12.1 Å². The fourth-order valence-electron chi connectivity index (χ4n) is 0.955. The fourth-order valence-corrected chi connectivity index (χ4v) is 0.955. The Balaban J connectivity index is 2.98. The van der Waals surface area contributed by atoms with Crippen LogP contribution in [0.15, 0.2) is 24.3 Å². The van der Waals surface area contributed by atoms with Gasteiger partial charge in [0.15, 0.2) is 6.30 Å². The third-order valence-corrected chi connectivity index (χ3v) is 1.63. The third-order valence-electron chi connectivity index (χ3n) is 1.63. The lowest BCUT2D eigenvalue weighted by atomic mass is 10.1. The third kappa shape index (κ3) is 2.26. The van der Waals surface area contributed by atoms with Crippen LogP contribution in [-0.2, 0) is 4.74 Å². The number of methoxy groups -OCH3 is 1. The highest BCUT2D eigenvalue weighted by Crippen LogP contribution is 2.13.